The van der Waals surface area contributed by atoms with E-state index < -0.39 is 0 Å². The first-order valence-electron chi connectivity index (χ1n) is 5.81. The van der Waals surface area contributed by atoms with Crippen molar-refractivity contribution < 1.29 is 9.53 Å². The average Bonchev–Trinajstić information content (AvgIpc) is 2.34. The van der Waals surface area contributed by atoms with Crippen molar-refractivity contribution in [1.82, 2.24) is 5.32 Å². The number of ether oxygens (including phenoxy) is 1. The topological polar surface area (TPSA) is 38.3 Å². The maximum atomic E-state index is 12.0. The molecule has 92 valence electrons. The summed E-state index contributed by atoms with van der Waals surface area (Å²) >= 11 is 3.43. The Kier molecular flexibility index (Phi) is 4.18. The second kappa shape index (κ2) is 5.65. The number of hydrogen-bond donors (Lipinski definition) is 1. The minimum atomic E-state index is -0.0267. The van der Waals surface area contributed by atoms with E-state index in [1.807, 2.05) is 25.1 Å². The van der Waals surface area contributed by atoms with Crippen LogP contribution in [-0.2, 0) is 4.74 Å². The molecule has 4 heteroatoms. The lowest BCUT2D eigenvalue weighted by atomic mass is 10.1. The van der Waals surface area contributed by atoms with Crippen molar-refractivity contribution >= 4 is 21.8 Å². The maximum Gasteiger partial charge on any atom is 0.251 e. The Labute approximate surface area is 110 Å². The second-order valence-corrected chi connectivity index (χ2v) is 5.21. The lowest BCUT2D eigenvalue weighted by Gasteiger charge is -2.23. The molecule has 0 saturated carbocycles. The molecular formula is C13H16BrNO2. The molecular weight excluding hydrogens is 282 g/mol. The Morgan fingerprint density at radius 1 is 1.53 bits per heavy atom. The zero-order chi connectivity index (χ0) is 12.3. The summed E-state index contributed by atoms with van der Waals surface area (Å²) in [5.74, 6) is -0.0267. The van der Waals surface area contributed by atoms with Gasteiger partial charge in [0, 0.05) is 16.6 Å². The van der Waals surface area contributed by atoms with Crippen LogP contribution in [-0.4, -0.2) is 25.2 Å². The summed E-state index contributed by atoms with van der Waals surface area (Å²) in [6, 6.07) is 5.79. The van der Waals surface area contributed by atoms with Crippen LogP contribution in [0.15, 0.2) is 22.7 Å². The Morgan fingerprint density at radius 3 is 3.00 bits per heavy atom. The summed E-state index contributed by atoms with van der Waals surface area (Å²) in [4.78, 5) is 12.0. The van der Waals surface area contributed by atoms with E-state index in [9.17, 15) is 4.79 Å². The molecule has 1 atom stereocenters. The van der Waals surface area contributed by atoms with Crippen molar-refractivity contribution in [3.05, 3.63) is 33.8 Å². The van der Waals surface area contributed by atoms with Gasteiger partial charge in [0.1, 0.15) is 0 Å². The van der Waals surface area contributed by atoms with Crippen molar-refractivity contribution in [1.29, 1.82) is 0 Å². The largest absolute Gasteiger partial charge is 0.379 e. The van der Waals surface area contributed by atoms with E-state index in [4.69, 9.17) is 4.74 Å². The molecule has 1 saturated heterocycles. The summed E-state index contributed by atoms with van der Waals surface area (Å²) < 4.78 is 6.30. The SMILES string of the molecule is Cc1ccc(C(=O)NC2CCCOC2)cc1Br. The molecule has 1 aromatic carbocycles. The van der Waals surface area contributed by atoms with E-state index in [1.54, 1.807) is 0 Å². The quantitative estimate of drug-likeness (QED) is 0.911. The fraction of sp³-hybridized carbons (Fsp3) is 0.462. The number of nitrogens with one attached hydrogen (secondary N) is 1. The van der Waals surface area contributed by atoms with Gasteiger partial charge < -0.3 is 10.1 Å². The van der Waals surface area contributed by atoms with Crippen molar-refractivity contribution in [2.75, 3.05) is 13.2 Å². The molecule has 1 amide bonds. The molecule has 0 bridgehead atoms. The van der Waals surface area contributed by atoms with Crippen molar-refractivity contribution in [3.63, 3.8) is 0 Å². The van der Waals surface area contributed by atoms with E-state index in [0.717, 1.165) is 29.5 Å². The number of benzene rings is 1. The highest BCUT2D eigenvalue weighted by molar-refractivity contribution is 9.10. The molecule has 1 aromatic rings. The summed E-state index contributed by atoms with van der Waals surface area (Å²) in [6.07, 6.45) is 2.02. The molecule has 1 N–H and O–H groups in total. The van der Waals surface area contributed by atoms with Gasteiger partial charge >= 0.3 is 0 Å². The van der Waals surface area contributed by atoms with Crippen molar-refractivity contribution in [2.45, 2.75) is 25.8 Å². The van der Waals surface area contributed by atoms with Crippen LogP contribution < -0.4 is 5.32 Å². The first-order valence-corrected chi connectivity index (χ1v) is 6.61. The fourth-order valence-electron chi connectivity index (χ4n) is 1.86. The smallest absolute Gasteiger partial charge is 0.251 e. The van der Waals surface area contributed by atoms with E-state index in [0.29, 0.717) is 12.2 Å². The molecule has 0 spiro atoms. The second-order valence-electron chi connectivity index (χ2n) is 4.35. The zero-order valence-electron chi connectivity index (χ0n) is 9.83. The van der Waals surface area contributed by atoms with Gasteiger partial charge in [-0.2, -0.15) is 0 Å². The van der Waals surface area contributed by atoms with Gasteiger partial charge in [0.25, 0.3) is 5.91 Å². The summed E-state index contributed by atoms with van der Waals surface area (Å²) in [6.45, 7) is 3.43. The minimum absolute atomic E-state index is 0.0267. The minimum Gasteiger partial charge on any atom is -0.379 e. The zero-order valence-corrected chi connectivity index (χ0v) is 11.4. The van der Waals surface area contributed by atoms with Crippen LogP contribution >= 0.6 is 15.9 Å². The number of rotatable bonds is 2. The first-order chi connectivity index (χ1) is 8.16. The number of carbonyl (C=O) groups is 1. The molecule has 17 heavy (non-hydrogen) atoms. The highest BCUT2D eigenvalue weighted by Crippen LogP contribution is 2.17. The lowest BCUT2D eigenvalue weighted by Crippen LogP contribution is -2.40. The van der Waals surface area contributed by atoms with Gasteiger partial charge in [-0.25, -0.2) is 0 Å². The van der Waals surface area contributed by atoms with E-state index in [1.165, 1.54) is 0 Å². The Morgan fingerprint density at radius 2 is 2.35 bits per heavy atom. The Bertz CT molecular complexity index is 414. The number of carbonyl (C=O) groups excluding carboxylic acids is 1. The number of amides is 1. The predicted molar refractivity (Wildman–Crippen MR) is 70.2 cm³/mol. The molecule has 3 nitrogen and oxygen atoms in total. The molecule has 1 heterocycles. The summed E-state index contributed by atoms with van der Waals surface area (Å²) in [7, 11) is 0. The number of halogens is 1. The molecule has 2 rings (SSSR count). The molecule has 0 aliphatic carbocycles. The Hall–Kier alpha value is -0.870. The molecule has 1 fully saturated rings. The van der Waals surface area contributed by atoms with E-state index in [2.05, 4.69) is 21.2 Å². The highest BCUT2D eigenvalue weighted by Gasteiger charge is 2.17. The third kappa shape index (κ3) is 3.30. The highest BCUT2D eigenvalue weighted by atomic mass is 79.9. The van der Waals surface area contributed by atoms with Crippen LogP contribution in [0.4, 0.5) is 0 Å². The van der Waals surface area contributed by atoms with Crippen LogP contribution in [0.1, 0.15) is 28.8 Å². The first kappa shape index (κ1) is 12.6. The average molecular weight is 298 g/mol. The predicted octanol–water partition coefficient (Wildman–Crippen LogP) is 2.67. The summed E-state index contributed by atoms with van der Waals surface area (Å²) in [5.41, 5.74) is 1.82. The van der Waals surface area contributed by atoms with Gasteiger partial charge in [-0.3, -0.25) is 4.79 Å². The monoisotopic (exact) mass is 297 g/mol. The van der Waals surface area contributed by atoms with Crippen LogP contribution in [0.2, 0.25) is 0 Å². The third-order valence-corrected chi connectivity index (χ3v) is 3.78. The molecule has 1 unspecified atom stereocenters. The lowest BCUT2D eigenvalue weighted by molar-refractivity contribution is 0.0624. The molecule has 0 radical (unpaired) electrons. The van der Waals surface area contributed by atoms with Gasteiger partial charge in [-0.15, -0.1) is 0 Å². The normalized spacial score (nSPS) is 20.0. The molecule has 1 aliphatic heterocycles. The van der Waals surface area contributed by atoms with Crippen molar-refractivity contribution in [2.24, 2.45) is 0 Å². The van der Waals surface area contributed by atoms with Gasteiger partial charge in [-0.05, 0) is 37.5 Å². The van der Waals surface area contributed by atoms with Crippen LogP contribution in [0, 0.1) is 6.92 Å². The number of hydrogen-bond acceptors (Lipinski definition) is 2. The van der Waals surface area contributed by atoms with E-state index >= 15 is 0 Å². The Balaban J connectivity index is 2.01. The number of aryl methyl sites for hydroxylation is 1. The molecule has 1 aliphatic rings. The van der Waals surface area contributed by atoms with Gasteiger partial charge in [-0.1, -0.05) is 22.0 Å². The standard InChI is InChI=1S/C13H16BrNO2/c1-9-4-5-10(7-12(9)14)13(16)15-11-3-2-6-17-8-11/h4-5,7,11H,2-3,6,8H2,1H3,(H,15,16). The van der Waals surface area contributed by atoms with Crippen LogP contribution in [0.5, 0.6) is 0 Å². The molecule has 0 aromatic heterocycles. The maximum absolute atomic E-state index is 12.0. The van der Waals surface area contributed by atoms with Gasteiger partial charge in [0.2, 0.25) is 0 Å². The van der Waals surface area contributed by atoms with E-state index in [-0.39, 0.29) is 11.9 Å². The van der Waals surface area contributed by atoms with Crippen LogP contribution in [0.3, 0.4) is 0 Å². The third-order valence-electron chi connectivity index (χ3n) is 2.93. The summed E-state index contributed by atoms with van der Waals surface area (Å²) in [5, 5.41) is 3.00. The van der Waals surface area contributed by atoms with Crippen molar-refractivity contribution in [3.8, 4) is 0 Å². The fourth-order valence-corrected chi connectivity index (χ4v) is 2.24. The van der Waals surface area contributed by atoms with Gasteiger partial charge in [0.15, 0.2) is 0 Å². The van der Waals surface area contributed by atoms with Gasteiger partial charge in [0.05, 0.1) is 12.6 Å². The van der Waals surface area contributed by atoms with Crippen LogP contribution in [0.25, 0.3) is 0 Å².